The van der Waals surface area contributed by atoms with Crippen LogP contribution >= 0.6 is 0 Å². The fourth-order valence-electron chi connectivity index (χ4n) is 3.81. The molecular formula is C24H39BN4O6. The second-order valence-corrected chi connectivity index (χ2v) is 11.6. The highest BCUT2D eigenvalue weighted by Gasteiger charge is 2.52. The number of hydrogen-bond acceptors (Lipinski definition) is 8. The van der Waals surface area contributed by atoms with Gasteiger partial charge < -0.3 is 29.0 Å². The normalized spacial score (nSPS) is 22.3. The van der Waals surface area contributed by atoms with Crippen molar-refractivity contribution in [2.24, 2.45) is 5.92 Å². The van der Waals surface area contributed by atoms with E-state index in [0.29, 0.717) is 25.0 Å². The molecule has 2 fully saturated rings. The van der Waals surface area contributed by atoms with Gasteiger partial charge in [0.25, 0.3) is 0 Å². The number of rotatable bonds is 6. The Morgan fingerprint density at radius 2 is 1.71 bits per heavy atom. The summed E-state index contributed by atoms with van der Waals surface area (Å²) in [7, 11) is -0.543. The van der Waals surface area contributed by atoms with Crippen LogP contribution in [0.5, 0.6) is 6.01 Å². The van der Waals surface area contributed by atoms with Crippen molar-refractivity contribution in [2.45, 2.75) is 97.7 Å². The molecule has 1 aromatic rings. The Labute approximate surface area is 208 Å². The van der Waals surface area contributed by atoms with Crippen LogP contribution in [0.15, 0.2) is 12.4 Å². The number of ether oxygens (including phenoxy) is 2. The summed E-state index contributed by atoms with van der Waals surface area (Å²) in [5, 5.41) is 2.72. The number of amides is 2. The highest BCUT2D eigenvalue weighted by molar-refractivity contribution is 6.61. The van der Waals surface area contributed by atoms with Crippen LogP contribution in [0.4, 0.5) is 4.79 Å². The van der Waals surface area contributed by atoms with Crippen LogP contribution in [0.25, 0.3) is 0 Å². The molecule has 10 nitrogen and oxygen atoms in total. The zero-order chi connectivity index (χ0) is 26.2. The molecular weight excluding hydrogens is 451 g/mol. The fraction of sp³-hybridized carbons (Fsp3) is 0.750. The molecule has 2 atom stereocenters. The fourth-order valence-corrected chi connectivity index (χ4v) is 3.81. The third-order valence-electron chi connectivity index (χ3n) is 6.51. The van der Waals surface area contributed by atoms with E-state index in [2.05, 4.69) is 15.3 Å². The molecule has 3 heterocycles. The summed E-state index contributed by atoms with van der Waals surface area (Å²) in [5.74, 6) is -0.255. The van der Waals surface area contributed by atoms with E-state index in [9.17, 15) is 9.59 Å². The van der Waals surface area contributed by atoms with Gasteiger partial charge in [-0.1, -0.05) is 13.8 Å². The van der Waals surface area contributed by atoms with Gasteiger partial charge in [-0.25, -0.2) is 14.8 Å². The summed E-state index contributed by atoms with van der Waals surface area (Å²) in [6.07, 6.45) is 3.08. The molecule has 3 rings (SSSR count). The van der Waals surface area contributed by atoms with E-state index in [-0.39, 0.29) is 23.9 Å². The van der Waals surface area contributed by atoms with Crippen LogP contribution in [0.1, 0.15) is 68.7 Å². The van der Waals surface area contributed by atoms with Gasteiger partial charge in [0, 0.05) is 30.8 Å². The van der Waals surface area contributed by atoms with Crippen molar-refractivity contribution >= 4 is 24.6 Å². The van der Waals surface area contributed by atoms with Gasteiger partial charge in [0.2, 0.25) is 5.91 Å². The minimum Gasteiger partial charge on any atom is -0.458 e. The quantitative estimate of drug-likeness (QED) is 0.605. The summed E-state index contributed by atoms with van der Waals surface area (Å²) in [5.41, 5.74) is -0.816. The molecule has 0 aliphatic carbocycles. The second-order valence-electron chi connectivity index (χ2n) is 11.6. The van der Waals surface area contributed by atoms with Gasteiger partial charge in [-0.3, -0.25) is 4.79 Å². The molecule has 0 saturated carbocycles. The Morgan fingerprint density at radius 1 is 1.14 bits per heavy atom. The molecule has 2 aliphatic heterocycles. The Bertz CT molecular complexity index is 900. The zero-order valence-electron chi connectivity index (χ0n) is 22.4. The molecule has 194 valence electrons. The summed E-state index contributed by atoms with van der Waals surface area (Å²) in [4.78, 5) is 35.7. The molecule has 0 aromatic carbocycles. The maximum atomic E-state index is 13.1. The van der Waals surface area contributed by atoms with E-state index in [1.54, 1.807) is 38.1 Å². The lowest BCUT2D eigenvalue weighted by atomic mass is 9.81. The smallest absolute Gasteiger partial charge is 0.458 e. The van der Waals surface area contributed by atoms with Crippen molar-refractivity contribution in [2.75, 3.05) is 13.1 Å². The molecule has 0 bridgehead atoms. The van der Waals surface area contributed by atoms with Crippen LogP contribution < -0.4 is 15.5 Å². The predicted molar refractivity (Wildman–Crippen MR) is 131 cm³/mol. The summed E-state index contributed by atoms with van der Waals surface area (Å²) < 4.78 is 23.3. The maximum Gasteiger partial charge on any atom is 0.498 e. The Balaban J connectivity index is 1.55. The third kappa shape index (κ3) is 6.64. The van der Waals surface area contributed by atoms with Gasteiger partial charge in [-0.05, 0) is 54.4 Å². The van der Waals surface area contributed by atoms with Crippen molar-refractivity contribution in [3.8, 4) is 6.01 Å². The SMILES string of the molecule is CC(C)[C@H](NC(=O)OC(C)(C)C)C(=O)N1CC[C@H](Oc2ncc(B3OC(C)(C)C(C)(C)O3)cn2)C1. The van der Waals surface area contributed by atoms with E-state index in [1.807, 2.05) is 41.5 Å². The lowest BCUT2D eigenvalue weighted by Gasteiger charge is -2.32. The van der Waals surface area contributed by atoms with Crippen LogP contribution in [0.2, 0.25) is 0 Å². The summed E-state index contributed by atoms with van der Waals surface area (Å²) in [6.45, 7) is 18.0. The number of nitrogens with zero attached hydrogens (tertiary/aromatic N) is 3. The van der Waals surface area contributed by atoms with Crippen LogP contribution in [0, 0.1) is 5.92 Å². The lowest BCUT2D eigenvalue weighted by molar-refractivity contribution is -0.133. The zero-order valence-corrected chi connectivity index (χ0v) is 22.4. The Kier molecular flexibility index (Phi) is 7.71. The van der Waals surface area contributed by atoms with Crippen molar-refractivity contribution in [3.63, 3.8) is 0 Å². The molecule has 2 amide bonds. The molecule has 35 heavy (non-hydrogen) atoms. The number of likely N-dealkylation sites (tertiary alicyclic amines) is 1. The molecule has 0 radical (unpaired) electrons. The molecule has 1 N–H and O–H groups in total. The third-order valence-corrected chi connectivity index (χ3v) is 6.51. The van der Waals surface area contributed by atoms with E-state index in [1.165, 1.54) is 0 Å². The van der Waals surface area contributed by atoms with Crippen LogP contribution in [-0.4, -0.2) is 76.0 Å². The topological polar surface area (TPSA) is 112 Å². The number of nitrogens with one attached hydrogen (secondary N) is 1. The molecule has 0 unspecified atom stereocenters. The van der Waals surface area contributed by atoms with E-state index >= 15 is 0 Å². The molecule has 2 saturated heterocycles. The minimum atomic E-state index is -0.681. The highest BCUT2D eigenvalue weighted by Crippen LogP contribution is 2.36. The lowest BCUT2D eigenvalue weighted by Crippen LogP contribution is -2.51. The average Bonchev–Trinajstić information content (AvgIpc) is 3.26. The number of carbonyl (C=O) groups excluding carboxylic acids is 2. The summed E-state index contributed by atoms with van der Waals surface area (Å²) in [6, 6.07) is -0.448. The van der Waals surface area contributed by atoms with E-state index < -0.39 is 36.1 Å². The highest BCUT2D eigenvalue weighted by atomic mass is 16.7. The van der Waals surface area contributed by atoms with Gasteiger partial charge in [0.05, 0.1) is 17.7 Å². The molecule has 2 aliphatic rings. The van der Waals surface area contributed by atoms with Crippen molar-refractivity contribution in [3.05, 3.63) is 12.4 Å². The van der Waals surface area contributed by atoms with E-state index in [0.717, 1.165) is 0 Å². The van der Waals surface area contributed by atoms with E-state index in [4.69, 9.17) is 18.8 Å². The van der Waals surface area contributed by atoms with Gasteiger partial charge in [-0.2, -0.15) is 0 Å². The Morgan fingerprint density at radius 3 is 2.23 bits per heavy atom. The van der Waals surface area contributed by atoms with Crippen LogP contribution in [0.3, 0.4) is 0 Å². The minimum absolute atomic E-state index is 0.0964. The monoisotopic (exact) mass is 490 g/mol. The van der Waals surface area contributed by atoms with Crippen molar-refractivity contribution in [1.82, 2.24) is 20.2 Å². The standard InChI is InChI=1S/C24H39BN4O6/c1-15(2)18(28-21(31)33-22(3,4)5)19(30)29-11-10-17(14-29)32-20-26-12-16(13-27-20)25-34-23(6,7)24(8,9)35-25/h12-13,15,17-18H,10-11,14H2,1-9H3,(H,28,31)/t17-,18-/m0/s1. The van der Waals surface area contributed by atoms with Gasteiger partial charge in [0.15, 0.2) is 0 Å². The maximum absolute atomic E-state index is 13.1. The molecule has 1 aromatic heterocycles. The van der Waals surface area contributed by atoms with Crippen LogP contribution in [-0.2, 0) is 18.8 Å². The number of alkyl carbamates (subject to hydrolysis) is 1. The first-order chi connectivity index (χ1) is 16.1. The first kappa shape index (κ1) is 27.2. The van der Waals surface area contributed by atoms with Crippen molar-refractivity contribution in [1.29, 1.82) is 0 Å². The molecule has 0 spiro atoms. The molecule has 11 heteroatoms. The first-order valence-electron chi connectivity index (χ1n) is 12.2. The van der Waals surface area contributed by atoms with Crippen molar-refractivity contribution < 1.29 is 28.4 Å². The van der Waals surface area contributed by atoms with Gasteiger partial charge in [0.1, 0.15) is 17.7 Å². The van der Waals surface area contributed by atoms with Gasteiger partial charge in [-0.15, -0.1) is 0 Å². The predicted octanol–water partition coefficient (Wildman–Crippen LogP) is 2.30. The number of carbonyl (C=O) groups is 2. The number of aromatic nitrogens is 2. The number of hydrogen-bond donors (Lipinski definition) is 1. The largest absolute Gasteiger partial charge is 0.498 e. The Hall–Kier alpha value is -2.40. The first-order valence-corrected chi connectivity index (χ1v) is 12.2. The second kappa shape index (κ2) is 9.93. The average molecular weight is 490 g/mol. The van der Waals surface area contributed by atoms with Gasteiger partial charge >= 0.3 is 19.2 Å². The summed E-state index contributed by atoms with van der Waals surface area (Å²) >= 11 is 0.